The Morgan fingerprint density at radius 1 is 0.771 bits per heavy atom. The van der Waals surface area contributed by atoms with Crippen molar-refractivity contribution in [3.8, 4) is 5.75 Å². The number of nitrogens with zero attached hydrogens (tertiary/aromatic N) is 2. The van der Waals surface area contributed by atoms with Crippen LogP contribution in [0.5, 0.6) is 5.75 Å². The molecule has 7 nitrogen and oxygen atoms in total. The number of hydrogen-bond donors (Lipinski definition) is 3. The average Bonchev–Trinajstić information content (AvgIpc) is 2.85. The van der Waals surface area contributed by atoms with E-state index >= 15 is 0 Å². The lowest BCUT2D eigenvalue weighted by atomic mass is 10.2. The van der Waals surface area contributed by atoms with Gasteiger partial charge in [-0.05, 0) is 74.0 Å². The molecule has 0 atom stereocenters. The third kappa shape index (κ3) is 6.91. The Labute approximate surface area is 204 Å². The highest BCUT2D eigenvalue weighted by Gasteiger charge is 2.05. The average molecular weight is 466 g/mol. The lowest BCUT2D eigenvalue weighted by Gasteiger charge is -2.11. The molecule has 4 aromatic rings. The fraction of sp³-hybridized carbons (Fsp3) is 0.107. The topological polar surface area (TPSA) is 88.2 Å². The van der Waals surface area contributed by atoms with E-state index in [0.717, 1.165) is 22.7 Å². The predicted octanol–water partition coefficient (Wildman–Crippen LogP) is 6.24. The summed E-state index contributed by atoms with van der Waals surface area (Å²) in [6.07, 6.45) is 3.25. The molecule has 0 aliphatic carbocycles. The molecule has 0 saturated carbocycles. The van der Waals surface area contributed by atoms with E-state index in [9.17, 15) is 4.79 Å². The number of anilines is 5. The van der Waals surface area contributed by atoms with E-state index in [2.05, 4.69) is 32.8 Å². The van der Waals surface area contributed by atoms with E-state index in [1.165, 1.54) is 11.6 Å². The number of hydrogen-bond acceptors (Lipinski definition) is 6. The van der Waals surface area contributed by atoms with Crippen molar-refractivity contribution in [2.75, 3.05) is 23.1 Å². The molecule has 0 aliphatic heterocycles. The first-order valence-electron chi connectivity index (χ1n) is 11.2. The summed E-state index contributed by atoms with van der Waals surface area (Å²) in [6, 6.07) is 24.9. The number of benzene rings is 3. The van der Waals surface area contributed by atoms with Crippen molar-refractivity contribution in [3.63, 3.8) is 0 Å². The van der Waals surface area contributed by atoms with Crippen LogP contribution in [0.2, 0.25) is 0 Å². The first-order chi connectivity index (χ1) is 17.0. The van der Waals surface area contributed by atoms with Gasteiger partial charge < -0.3 is 20.7 Å². The van der Waals surface area contributed by atoms with Crippen LogP contribution < -0.4 is 20.7 Å². The van der Waals surface area contributed by atoms with Gasteiger partial charge in [-0.25, -0.2) is 9.97 Å². The number of rotatable bonds is 8. The second-order valence-electron chi connectivity index (χ2n) is 7.97. The fourth-order valence-corrected chi connectivity index (χ4v) is 3.34. The lowest BCUT2D eigenvalue weighted by molar-refractivity contribution is -0.111. The molecular formula is C28H27N5O2. The van der Waals surface area contributed by atoms with Gasteiger partial charge in [-0.15, -0.1) is 0 Å². The van der Waals surface area contributed by atoms with Gasteiger partial charge in [0.05, 0.1) is 7.11 Å². The van der Waals surface area contributed by atoms with E-state index < -0.39 is 0 Å². The lowest BCUT2D eigenvalue weighted by Crippen LogP contribution is -2.07. The molecule has 7 heteroatoms. The molecule has 0 aliphatic rings. The van der Waals surface area contributed by atoms with Crippen molar-refractivity contribution in [2.45, 2.75) is 13.8 Å². The minimum Gasteiger partial charge on any atom is -0.497 e. The Hall–Kier alpha value is -4.65. The molecule has 0 saturated heterocycles. The summed E-state index contributed by atoms with van der Waals surface area (Å²) in [5, 5.41) is 9.46. The van der Waals surface area contributed by atoms with Crippen molar-refractivity contribution in [3.05, 3.63) is 102 Å². The van der Waals surface area contributed by atoms with E-state index in [1.807, 2.05) is 85.8 Å². The van der Waals surface area contributed by atoms with Gasteiger partial charge in [0.25, 0.3) is 0 Å². The number of carbonyl (C=O) groups excluding carboxylic acids is 1. The van der Waals surface area contributed by atoms with Gasteiger partial charge in [-0.2, -0.15) is 0 Å². The first kappa shape index (κ1) is 23.5. The minimum atomic E-state index is -0.209. The number of aryl methyl sites for hydroxylation is 2. The molecule has 1 amide bonds. The summed E-state index contributed by atoms with van der Waals surface area (Å²) >= 11 is 0. The SMILES string of the molecule is COc1ccc(/C=C/C(=O)Nc2ccc(Nc3cc(Nc4ccc(C)cc4)nc(C)n3)cc2)cc1. The molecule has 3 N–H and O–H groups in total. The molecule has 0 bridgehead atoms. The fourth-order valence-electron chi connectivity index (χ4n) is 3.34. The molecule has 0 fully saturated rings. The zero-order valence-corrected chi connectivity index (χ0v) is 19.9. The van der Waals surface area contributed by atoms with Crippen molar-refractivity contribution >= 4 is 40.7 Å². The van der Waals surface area contributed by atoms with Crippen molar-refractivity contribution in [1.82, 2.24) is 9.97 Å². The summed E-state index contributed by atoms with van der Waals surface area (Å²) < 4.78 is 5.14. The minimum absolute atomic E-state index is 0.209. The van der Waals surface area contributed by atoms with Crippen molar-refractivity contribution in [2.24, 2.45) is 0 Å². The maximum absolute atomic E-state index is 12.3. The number of nitrogens with one attached hydrogen (secondary N) is 3. The smallest absolute Gasteiger partial charge is 0.248 e. The molecule has 176 valence electrons. The standard InChI is InChI=1S/C28H27N5O2/c1-19-4-9-22(10-5-19)31-26-18-27(30-20(2)29-26)32-23-11-13-24(14-12-23)33-28(34)17-8-21-6-15-25(35-3)16-7-21/h4-18H,1-3H3,(H,33,34)(H2,29,30,31,32)/b17-8+. The van der Waals surface area contributed by atoms with Crippen molar-refractivity contribution < 1.29 is 9.53 Å². The van der Waals surface area contributed by atoms with Crippen LogP contribution in [0.3, 0.4) is 0 Å². The van der Waals surface area contributed by atoms with Crippen molar-refractivity contribution in [1.29, 1.82) is 0 Å². The van der Waals surface area contributed by atoms with Gasteiger partial charge in [0.15, 0.2) is 0 Å². The number of amides is 1. The highest BCUT2D eigenvalue weighted by atomic mass is 16.5. The largest absolute Gasteiger partial charge is 0.497 e. The zero-order chi connectivity index (χ0) is 24.6. The van der Waals surface area contributed by atoms with Crippen LogP contribution in [0.25, 0.3) is 6.08 Å². The van der Waals surface area contributed by atoms with Gasteiger partial charge in [-0.3, -0.25) is 4.79 Å². The third-order valence-corrected chi connectivity index (χ3v) is 5.13. The normalized spacial score (nSPS) is 10.7. The second kappa shape index (κ2) is 11.0. The van der Waals surface area contributed by atoms with Crippen LogP contribution in [0.15, 0.2) is 84.9 Å². The second-order valence-corrected chi connectivity index (χ2v) is 7.97. The predicted molar refractivity (Wildman–Crippen MR) is 142 cm³/mol. The molecule has 4 rings (SSSR count). The van der Waals surface area contributed by atoms with E-state index in [1.54, 1.807) is 13.2 Å². The molecule has 0 radical (unpaired) electrons. The van der Waals surface area contributed by atoms with E-state index in [4.69, 9.17) is 4.74 Å². The highest BCUT2D eigenvalue weighted by molar-refractivity contribution is 6.02. The molecular weight excluding hydrogens is 438 g/mol. The number of carbonyl (C=O) groups is 1. The quantitative estimate of drug-likeness (QED) is 0.267. The number of ether oxygens (including phenoxy) is 1. The first-order valence-corrected chi connectivity index (χ1v) is 11.2. The molecule has 0 unspecified atom stereocenters. The van der Waals surface area contributed by atoms with Gasteiger partial charge in [0.1, 0.15) is 23.2 Å². The van der Waals surface area contributed by atoms with Gasteiger partial charge in [0, 0.05) is 29.2 Å². The summed E-state index contributed by atoms with van der Waals surface area (Å²) in [7, 11) is 1.62. The molecule has 1 heterocycles. The summed E-state index contributed by atoms with van der Waals surface area (Å²) in [5.41, 5.74) is 4.61. The summed E-state index contributed by atoms with van der Waals surface area (Å²) in [5.74, 6) is 2.59. The molecule has 1 aromatic heterocycles. The Morgan fingerprint density at radius 3 is 1.89 bits per heavy atom. The number of methoxy groups -OCH3 is 1. The summed E-state index contributed by atoms with van der Waals surface area (Å²) in [6.45, 7) is 3.90. The van der Waals surface area contributed by atoms with Crippen LogP contribution >= 0.6 is 0 Å². The summed E-state index contributed by atoms with van der Waals surface area (Å²) in [4.78, 5) is 21.2. The highest BCUT2D eigenvalue weighted by Crippen LogP contribution is 2.22. The molecule has 35 heavy (non-hydrogen) atoms. The van der Waals surface area contributed by atoms with Gasteiger partial charge in [-0.1, -0.05) is 29.8 Å². The maximum Gasteiger partial charge on any atom is 0.248 e. The van der Waals surface area contributed by atoms with E-state index in [0.29, 0.717) is 23.1 Å². The Morgan fingerprint density at radius 2 is 1.31 bits per heavy atom. The third-order valence-electron chi connectivity index (χ3n) is 5.13. The Kier molecular flexibility index (Phi) is 7.37. The molecule has 3 aromatic carbocycles. The van der Waals surface area contributed by atoms with Crippen LogP contribution in [0.1, 0.15) is 17.0 Å². The Bertz CT molecular complexity index is 1320. The van der Waals surface area contributed by atoms with E-state index in [-0.39, 0.29) is 5.91 Å². The number of aromatic nitrogens is 2. The monoisotopic (exact) mass is 465 g/mol. The Balaban J connectivity index is 1.36. The maximum atomic E-state index is 12.3. The molecule has 0 spiro atoms. The van der Waals surface area contributed by atoms with Crippen LogP contribution in [0.4, 0.5) is 28.7 Å². The van der Waals surface area contributed by atoms with Gasteiger partial charge in [0.2, 0.25) is 5.91 Å². The van der Waals surface area contributed by atoms with Crippen LogP contribution in [0, 0.1) is 13.8 Å². The van der Waals surface area contributed by atoms with Crippen LogP contribution in [-0.2, 0) is 4.79 Å². The zero-order valence-electron chi connectivity index (χ0n) is 19.9. The van der Waals surface area contributed by atoms with Gasteiger partial charge >= 0.3 is 0 Å². The van der Waals surface area contributed by atoms with Crippen LogP contribution in [-0.4, -0.2) is 23.0 Å².